The normalized spacial score (nSPS) is 18.6. The standard InChI is InChI=1S/C13H16Cl2O2S/c14-10-1-2-12(11(15)7-10)17-8-13(9-18)3-5-16-6-4-13/h1-2,7,18H,3-6,8-9H2. The van der Waals surface area contributed by atoms with Crippen molar-refractivity contribution in [3.8, 4) is 5.75 Å². The third-order valence-corrected chi connectivity index (χ3v) is 4.52. The van der Waals surface area contributed by atoms with Crippen LogP contribution in [0.4, 0.5) is 0 Å². The molecule has 0 bridgehead atoms. The number of hydrogen-bond donors (Lipinski definition) is 1. The first-order valence-corrected chi connectivity index (χ1v) is 7.30. The third kappa shape index (κ3) is 3.47. The Balaban J connectivity index is 2.01. The second kappa shape index (κ2) is 6.38. The van der Waals surface area contributed by atoms with Gasteiger partial charge in [0, 0.05) is 23.7 Å². The van der Waals surface area contributed by atoms with E-state index in [4.69, 9.17) is 32.7 Å². The van der Waals surface area contributed by atoms with E-state index in [9.17, 15) is 0 Å². The highest BCUT2D eigenvalue weighted by atomic mass is 35.5. The molecule has 2 nitrogen and oxygen atoms in total. The summed E-state index contributed by atoms with van der Waals surface area (Å²) in [6.07, 6.45) is 1.95. The van der Waals surface area contributed by atoms with Gasteiger partial charge in [-0.05, 0) is 36.8 Å². The van der Waals surface area contributed by atoms with E-state index >= 15 is 0 Å². The molecule has 1 aliphatic rings. The molecular formula is C13H16Cl2O2S. The number of rotatable bonds is 4. The molecule has 1 heterocycles. The van der Waals surface area contributed by atoms with E-state index in [-0.39, 0.29) is 5.41 Å². The summed E-state index contributed by atoms with van der Waals surface area (Å²) < 4.78 is 11.2. The maximum atomic E-state index is 6.08. The number of thiol groups is 1. The van der Waals surface area contributed by atoms with E-state index in [1.165, 1.54) is 0 Å². The summed E-state index contributed by atoms with van der Waals surface area (Å²) in [5, 5.41) is 1.16. The summed E-state index contributed by atoms with van der Waals surface area (Å²) in [7, 11) is 0. The predicted octanol–water partition coefficient (Wildman–Crippen LogP) is 4.10. The SMILES string of the molecule is SCC1(COc2ccc(Cl)cc2Cl)CCOCC1. The van der Waals surface area contributed by atoms with Crippen molar-refractivity contribution in [2.24, 2.45) is 5.41 Å². The summed E-state index contributed by atoms with van der Waals surface area (Å²) in [6.45, 7) is 2.16. The van der Waals surface area contributed by atoms with Crippen LogP contribution in [-0.4, -0.2) is 25.6 Å². The molecule has 2 rings (SSSR count). The minimum Gasteiger partial charge on any atom is -0.491 e. The van der Waals surface area contributed by atoms with Gasteiger partial charge in [-0.2, -0.15) is 12.6 Å². The van der Waals surface area contributed by atoms with Crippen LogP contribution in [-0.2, 0) is 4.74 Å². The Morgan fingerprint density at radius 3 is 2.61 bits per heavy atom. The summed E-state index contributed by atoms with van der Waals surface area (Å²) in [5.74, 6) is 1.47. The van der Waals surface area contributed by atoms with Crippen molar-refractivity contribution in [1.82, 2.24) is 0 Å². The first-order chi connectivity index (χ1) is 8.65. The Kier molecular flexibility index (Phi) is 5.07. The van der Waals surface area contributed by atoms with E-state index in [1.54, 1.807) is 18.2 Å². The van der Waals surface area contributed by atoms with Gasteiger partial charge in [0.1, 0.15) is 5.75 Å². The van der Waals surface area contributed by atoms with Gasteiger partial charge in [0.2, 0.25) is 0 Å². The minimum atomic E-state index is 0.0876. The van der Waals surface area contributed by atoms with Crippen molar-refractivity contribution in [3.63, 3.8) is 0 Å². The van der Waals surface area contributed by atoms with Gasteiger partial charge in [0.25, 0.3) is 0 Å². The molecule has 5 heteroatoms. The third-order valence-electron chi connectivity index (χ3n) is 3.32. The molecule has 1 aromatic rings. The maximum absolute atomic E-state index is 6.08. The van der Waals surface area contributed by atoms with Crippen molar-refractivity contribution < 1.29 is 9.47 Å². The molecular weight excluding hydrogens is 291 g/mol. The zero-order valence-corrected chi connectivity index (χ0v) is 12.4. The largest absolute Gasteiger partial charge is 0.491 e. The molecule has 0 radical (unpaired) electrons. The van der Waals surface area contributed by atoms with Crippen LogP contribution in [0.1, 0.15) is 12.8 Å². The molecule has 1 saturated heterocycles. The summed E-state index contributed by atoms with van der Waals surface area (Å²) in [6, 6.07) is 5.27. The smallest absolute Gasteiger partial charge is 0.138 e. The fourth-order valence-corrected chi connectivity index (χ4v) is 2.85. The van der Waals surface area contributed by atoms with Crippen molar-refractivity contribution >= 4 is 35.8 Å². The van der Waals surface area contributed by atoms with E-state index in [1.807, 2.05) is 0 Å². The van der Waals surface area contributed by atoms with Gasteiger partial charge in [-0.25, -0.2) is 0 Å². The predicted molar refractivity (Wildman–Crippen MR) is 78.3 cm³/mol. The van der Waals surface area contributed by atoms with E-state index in [2.05, 4.69) is 12.6 Å². The lowest BCUT2D eigenvalue weighted by Gasteiger charge is -2.35. The maximum Gasteiger partial charge on any atom is 0.138 e. The first kappa shape index (κ1) is 14.3. The molecule has 0 N–H and O–H groups in total. The highest BCUT2D eigenvalue weighted by Crippen LogP contribution is 2.34. The number of benzene rings is 1. The zero-order valence-electron chi connectivity index (χ0n) is 9.99. The van der Waals surface area contributed by atoms with Crippen molar-refractivity contribution in [1.29, 1.82) is 0 Å². The minimum absolute atomic E-state index is 0.0876. The van der Waals surface area contributed by atoms with Gasteiger partial charge in [-0.3, -0.25) is 0 Å². The zero-order chi connectivity index (χ0) is 13.0. The quantitative estimate of drug-likeness (QED) is 0.844. The summed E-state index contributed by atoms with van der Waals surface area (Å²) in [5.41, 5.74) is 0.0876. The van der Waals surface area contributed by atoms with Gasteiger partial charge in [-0.15, -0.1) is 0 Å². The van der Waals surface area contributed by atoms with Crippen LogP contribution in [0.15, 0.2) is 18.2 Å². The van der Waals surface area contributed by atoms with Gasteiger partial charge < -0.3 is 9.47 Å². The van der Waals surface area contributed by atoms with Crippen molar-refractivity contribution in [3.05, 3.63) is 28.2 Å². The molecule has 0 saturated carbocycles. The van der Waals surface area contributed by atoms with Crippen molar-refractivity contribution in [2.75, 3.05) is 25.6 Å². The van der Waals surface area contributed by atoms with Gasteiger partial charge in [-0.1, -0.05) is 23.2 Å². The number of halogens is 2. The fourth-order valence-electron chi connectivity index (χ4n) is 1.98. The molecule has 0 unspecified atom stereocenters. The summed E-state index contributed by atoms with van der Waals surface area (Å²) in [4.78, 5) is 0. The average Bonchev–Trinajstić information content (AvgIpc) is 2.39. The molecule has 18 heavy (non-hydrogen) atoms. The van der Waals surface area contributed by atoms with Crippen LogP contribution in [0.3, 0.4) is 0 Å². The lowest BCUT2D eigenvalue weighted by molar-refractivity contribution is 0.00313. The Morgan fingerprint density at radius 2 is 2.00 bits per heavy atom. The molecule has 1 fully saturated rings. The van der Waals surface area contributed by atoms with Crippen LogP contribution in [0, 0.1) is 5.41 Å². The van der Waals surface area contributed by atoms with E-state index < -0.39 is 0 Å². The number of hydrogen-bond acceptors (Lipinski definition) is 3. The number of ether oxygens (including phenoxy) is 2. The fraction of sp³-hybridized carbons (Fsp3) is 0.538. The molecule has 0 aromatic heterocycles. The van der Waals surface area contributed by atoms with E-state index in [0.717, 1.165) is 31.8 Å². The van der Waals surface area contributed by atoms with Crippen LogP contribution in [0.5, 0.6) is 5.75 Å². The average molecular weight is 307 g/mol. The Hall–Kier alpha value is -0.0900. The Morgan fingerprint density at radius 1 is 1.28 bits per heavy atom. The summed E-state index contributed by atoms with van der Waals surface area (Å²) >= 11 is 16.4. The lowest BCUT2D eigenvalue weighted by Crippen LogP contribution is -2.36. The second-order valence-corrected chi connectivity index (χ2v) is 5.79. The molecule has 0 spiro atoms. The Labute approximate surface area is 123 Å². The van der Waals surface area contributed by atoms with Gasteiger partial charge in [0.05, 0.1) is 11.6 Å². The van der Waals surface area contributed by atoms with Crippen molar-refractivity contribution in [2.45, 2.75) is 12.8 Å². The molecule has 0 amide bonds. The van der Waals surface area contributed by atoms with Crippen LogP contribution < -0.4 is 4.74 Å². The molecule has 0 aliphatic carbocycles. The highest BCUT2D eigenvalue weighted by Gasteiger charge is 2.32. The van der Waals surface area contributed by atoms with Crippen LogP contribution >= 0.6 is 35.8 Å². The van der Waals surface area contributed by atoms with Crippen LogP contribution in [0.25, 0.3) is 0 Å². The first-order valence-electron chi connectivity index (χ1n) is 5.92. The Bertz CT molecular complexity index is 406. The highest BCUT2D eigenvalue weighted by molar-refractivity contribution is 7.80. The molecule has 0 atom stereocenters. The van der Waals surface area contributed by atoms with Gasteiger partial charge in [0.15, 0.2) is 0 Å². The van der Waals surface area contributed by atoms with Gasteiger partial charge >= 0.3 is 0 Å². The van der Waals surface area contributed by atoms with E-state index in [0.29, 0.717) is 22.4 Å². The second-order valence-electron chi connectivity index (χ2n) is 4.63. The monoisotopic (exact) mass is 306 g/mol. The van der Waals surface area contributed by atoms with Crippen LogP contribution in [0.2, 0.25) is 10.0 Å². The molecule has 1 aromatic carbocycles. The lowest BCUT2D eigenvalue weighted by atomic mass is 9.83. The molecule has 100 valence electrons. The molecule has 1 aliphatic heterocycles. The topological polar surface area (TPSA) is 18.5 Å².